The Kier molecular flexibility index (Phi) is 5.63. The van der Waals surface area contributed by atoms with Crippen LogP contribution in [0.5, 0.6) is 0 Å². The molecule has 0 aliphatic rings. The number of hydrogen-bond acceptors (Lipinski definition) is 2. The summed E-state index contributed by atoms with van der Waals surface area (Å²) in [6.07, 6.45) is 2.52. The number of hydrogen-bond donors (Lipinski definition) is 2. The van der Waals surface area contributed by atoms with Crippen molar-refractivity contribution in [2.45, 2.75) is 13.0 Å². The zero-order chi connectivity index (χ0) is 18.4. The molecule has 3 rings (SSSR count). The van der Waals surface area contributed by atoms with Crippen LogP contribution >= 0.6 is 0 Å². The van der Waals surface area contributed by atoms with Crippen LogP contribution < -0.4 is 10.6 Å². The molecule has 1 aromatic heterocycles. The van der Waals surface area contributed by atoms with Crippen LogP contribution in [0.4, 0.5) is 9.18 Å². The van der Waals surface area contributed by atoms with Gasteiger partial charge in [-0.1, -0.05) is 36.4 Å². The number of carbonyl (C=O) groups excluding carboxylic acids is 1. The van der Waals surface area contributed by atoms with Crippen molar-refractivity contribution in [3.63, 3.8) is 0 Å². The van der Waals surface area contributed by atoms with Gasteiger partial charge in [-0.05, 0) is 41.3 Å². The molecule has 1 heterocycles. The molecular weight excluding hydrogens is 331 g/mol. The quantitative estimate of drug-likeness (QED) is 0.715. The summed E-state index contributed by atoms with van der Waals surface area (Å²) in [5.41, 5.74) is 4.18. The van der Waals surface area contributed by atoms with E-state index in [0.29, 0.717) is 13.1 Å². The van der Waals surface area contributed by atoms with Crippen LogP contribution in [-0.2, 0) is 20.0 Å². The first-order valence-corrected chi connectivity index (χ1v) is 8.45. The second kappa shape index (κ2) is 8.29. The number of rotatable bonds is 6. The van der Waals surface area contributed by atoms with Crippen LogP contribution in [-0.4, -0.2) is 22.4 Å². The van der Waals surface area contributed by atoms with E-state index in [2.05, 4.69) is 40.0 Å². The van der Waals surface area contributed by atoms with Crippen molar-refractivity contribution in [1.82, 2.24) is 20.4 Å². The number of halogens is 1. The highest BCUT2D eigenvalue weighted by Crippen LogP contribution is 2.18. The first-order valence-electron chi connectivity index (χ1n) is 8.45. The molecule has 0 unspecified atom stereocenters. The average Bonchev–Trinajstić information content (AvgIpc) is 3.08. The molecule has 2 aromatic carbocycles. The van der Waals surface area contributed by atoms with E-state index in [0.717, 1.165) is 28.8 Å². The zero-order valence-corrected chi connectivity index (χ0v) is 14.6. The second-order valence-corrected chi connectivity index (χ2v) is 6.02. The van der Waals surface area contributed by atoms with E-state index in [9.17, 15) is 9.18 Å². The lowest BCUT2D eigenvalue weighted by Crippen LogP contribution is -2.36. The second-order valence-electron chi connectivity index (χ2n) is 6.02. The molecule has 0 saturated heterocycles. The fourth-order valence-electron chi connectivity index (χ4n) is 2.67. The summed E-state index contributed by atoms with van der Waals surface area (Å²) in [5.74, 6) is -0.285. The SMILES string of the molecule is Cn1nccc1-c1ccc(CCNC(=O)NCc2ccc(F)cc2)cc1. The van der Waals surface area contributed by atoms with Gasteiger partial charge in [-0.3, -0.25) is 4.68 Å². The minimum atomic E-state index is -0.285. The third-order valence-corrected chi connectivity index (χ3v) is 4.14. The van der Waals surface area contributed by atoms with Crippen LogP contribution in [0.2, 0.25) is 0 Å². The molecule has 134 valence electrons. The van der Waals surface area contributed by atoms with Gasteiger partial charge in [-0.15, -0.1) is 0 Å². The van der Waals surface area contributed by atoms with Crippen LogP contribution in [0.25, 0.3) is 11.3 Å². The summed E-state index contributed by atoms with van der Waals surface area (Å²) >= 11 is 0. The Labute approximate surface area is 151 Å². The smallest absolute Gasteiger partial charge is 0.315 e. The van der Waals surface area contributed by atoms with Crippen LogP contribution in [0.1, 0.15) is 11.1 Å². The number of urea groups is 1. The summed E-state index contributed by atoms with van der Waals surface area (Å²) in [4.78, 5) is 11.8. The minimum Gasteiger partial charge on any atom is -0.338 e. The highest BCUT2D eigenvalue weighted by atomic mass is 19.1. The summed E-state index contributed by atoms with van der Waals surface area (Å²) in [6, 6.07) is 16.0. The molecule has 2 N–H and O–H groups in total. The number of aromatic nitrogens is 2. The number of carbonyl (C=O) groups is 1. The molecule has 2 amide bonds. The summed E-state index contributed by atoms with van der Waals surface area (Å²) in [5, 5.41) is 9.75. The van der Waals surface area contributed by atoms with Crippen LogP contribution in [0.15, 0.2) is 60.8 Å². The van der Waals surface area contributed by atoms with Gasteiger partial charge in [0.05, 0.1) is 5.69 Å². The molecule has 0 atom stereocenters. The van der Waals surface area contributed by atoms with Gasteiger partial charge >= 0.3 is 6.03 Å². The largest absolute Gasteiger partial charge is 0.338 e. The fourth-order valence-corrected chi connectivity index (χ4v) is 2.67. The summed E-state index contributed by atoms with van der Waals surface area (Å²) in [6.45, 7) is 0.909. The lowest BCUT2D eigenvalue weighted by atomic mass is 10.1. The predicted molar refractivity (Wildman–Crippen MR) is 99.0 cm³/mol. The Morgan fingerprint density at radius 1 is 1.00 bits per heavy atom. The van der Waals surface area contributed by atoms with E-state index >= 15 is 0 Å². The van der Waals surface area contributed by atoms with Gasteiger partial charge in [0, 0.05) is 26.3 Å². The highest BCUT2D eigenvalue weighted by molar-refractivity contribution is 5.73. The van der Waals surface area contributed by atoms with Crippen molar-refractivity contribution < 1.29 is 9.18 Å². The molecule has 5 nitrogen and oxygen atoms in total. The van der Waals surface area contributed by atoms with Gasteiger partial charge in [0.25, 0.3) is 0 Å². The standard InChI is InChI=1S/C20H21FN4O/c1-25-19(11-13-24-25)17-6-2-15(3-7-17)10-12-22-20(26)23-14-16-4-8-18(21)9-5-16/h2-9,11,13H,10,12,14H2,1H3,(H2,22,23,26). The first-order chi connectivity index (χ1) is 12.6. The van der Waals surface area contributed by atoms with E-state index in [4.69, 9.17) is 0 Å². The Morgan fingerprint density at radius 2 is 1.69 bits per heavy atom. The number of amides is 2. The van der Waals surface area contributed by atoms with Crippen molar-refractivity contribution in [3.8, 4) is 11.3 Å². The first kappa shape index (κ1) is 17.7. The lowest BCUT2D eigenvalue weighted by molar-refractivity contribution is 0.240. The molecule has 0 spiro atoms. The maximum Gasteiger partial charge on any atom is 0.315 e. The van der Waals surface area contributed by atoms with E-state index < -0.39 is 0 Å². The van der Waals surface area contributed by atoms with Crippen molar-refractivity contribution >= 4 is 6.03 Å². The van der Waals surface area contributed by atoms with E-state index in [1.54, 1.807) is 18.3 Å². The molecule has 26 heavy (non-hydrogen) atoms. The van der Waals surface area contributed by atoms with Crippen molar-refractivity contribution in [2.75, 3.05) is 6.54 Å². The molecular formula is C20H21FN4O. The van der Waals surface area contributed by atoms with Gasteiger partial charge in [0.15, 0.2) is 0 Å². The van der Waals surface area contributed by atoms with E-state index in [-0.39, 0.29) is 11.8 Å². The molecule has 6 heteroatoms. The molecule has 3 aromatic rings. The number of benzene rings is 2. The van der Waals surface area contributed by atoms with Crippen LogP contribution in [0, 0.1) is 5.82 Å². The Hall–Kier alpha value is -3.15. The van der Waals surface area contributed by atoms with Gasteiger partial charge in [0.1, 0.15) is 5.82 Å². The average molecular weight is 352 g/mol. The maximum absolute atomic E-state index is 12.8. The summed E-state index contributed by atoms with van der Waals surface area (Å²) < 4.78 is 14.7. The van der Waals surface area contributed by atoms with E-state index in [1.165, 1.54) is 12.1 Å². The van der Waals surface area contributed by atoms with Crippen LogP contribution in [0.3, 0.4) is 0 Å². The number of nitrogens with zero attached hydrogens (tertiary/aromatic N) is 2. The third-order valence-electron chi connectivity index (χ3n) is 4.14. The molecule has 0 fully saturated rings. The normalized spacial score (nSPS) is 10.5. The Balaban J connectivity index is 1.42. The van der Waals surface area contributed by atoms with Crippen molar-refractivity contribution in [2.24, 2.45) is 7.05 Å². The van der Waals surface area contributed by atoms with Crippen molar-refractivity contribution in [3.05, 3.63) is 77.7 Å². The Bertz CT molecular complexity index is 856. The topological polar surface area (TPSA) is 59.0 Å². The molecule has 0 radical (unpaired) electrons. The highest BCUT2D eigenvalue weighted by Gasteiger charge is 2.04. The number of aryl methyl sites for hydroxylation is 1. The summed E-state index contributed by atoms with van der Waals surface area (Å²) in [7, 11) is 1.91. The molecule has 0 bridgehead atoms. The number of nitrogens with one attached hydrogen (secondary N) is 2. The molecule has 0 aliphatic carbocycles. The minimum absolute atomic E-state index is 0.235. The third kappa shape index (κ3) is 4.69. The van der Waals surface area contributed by atoms with Gasteiger partial charge in [-0.2, -0.15) is 5.10 Å². The monoisotopic (exact) mass is 352 g/mol. The van der Waals surface area contributed by atoms with Gasteiger partial charge in [0.2, 0.25) is 0 Å². The van der Waals surface area contributed by atoms with Gasteiger partial charge in [-0.25, -0.2) is 9.18 Å². The fraction of sp³-hybridized carbons (Fsp3) is 0.200. The molecule has 0 aliphatic heterocycles. The lowest BCUT2D eigenvalue weighted by Gasteiger charge is -2.08. The van der Waals surface area contributed by atoms with Gasteiger partial charge < -0.3 is 10.6 Å². The predicted octanol–water partition coefficient (Wildman–Crippen LogP) is 3.27. The maximum atomic E-state index is 12.8. The Morgan fingerprint density at radius 3 is 2.35 bits per heavy atom. The van der Waals surface area contributed by atoms with E-state index in [1.807, 2.05) is 17.8 Å². The molecule has 0 saturated carbocycles. The van der Waals surface area contributed by atoms with Crippen molar-refractivity contribution in [1.29, 1.82) is 0 Å². The zero-order valence-electron chi connectivity index (χ0n) is 14.6.